The molecule has 1 saturated carbocycles. The molecule has 0 aliphatic heterocycles. The summed E-state index contributed by atoms with van der Waals surface area (Å²) in [5.74, 6) is -1.88. The number of hydrogen-bond donors (Lipinski definition) is 2. The van der Waals surface area contributed by atoms with Crippen LogP contribution in [0.2, 0.25) is 0 Å². The molecule has 0 spiro atoms. The maximum atomic E-state index is 12.1. The number of aliphatic carboxylic acids is 1. The molecule has 4 atom stereocenters. The van der Waals surface area contributed by atoms with E-state index < -0.39 is 18.0 Å². The van der Waals surface area contributed by atoms with Gasteiger partial charge in [0, 0.05) is 12.3 Å². The molecule has 110 valence electrons. The van der Waals surface area contributed by atoms with Gasteiger partial charge in [0.05, 0.1) is 12.0 Å². The quantitative estimate of drug-likeness (QED) is 0.697. The average molecular weight is 270 g/mol. The second-order valence-electron chi connectivity index (χ2n) is 5.86. The fraction of sp³-hybridized carbons (Fsp3) is 0.867. The number of carboxylic acid groups (broad SMARTS) is 1. The van der Waals surface area contributed by atoms with E-state index in [2.05, 4.69) is 6.92 Å². The van der Waals surface area contributed by atoms with Gasteiger partial charge in [0.2, 0.25) is 0 Å². The fourth-order valence-corrected chi connectivity index (χ4v) is 2.97. The molecule has 1 aliphatic carbocycles. The van der Waals surface area contributed by atoms with Crippen LogP contribution < -0.4 is 0 Å². The zero-order valence-corrected chi connectivity index (χ0v) is 12.0. The minimum atomic E-state index is -0.983. The molecule has 4 nitrogen and oxygen atoms in total. The van der Waals surface area contributed by atoms with E-state index in [1.54, 1.807) is 0 Å². The summed E-state index contributed by atoms with van der Waals surface area (Å²) in [6.45, 7) is 3.96. The van der Waals surface area contributed by atoms with Crippen molar-refractivity contribution in [2.24, 2.45) is 17.8 Å². The Kier molecular flexibility index (Phi) is 6.49. The molecule has 0 radical (unpaired) electrons. The Morgan fingerprint density at radius 2 is 1.84 bits per heavy atom. The molecule has 1 fully saturated rings. The van der Waals surface area contributed by atoms with Crippen LogP contribution in [0, 0.1) is 17.8 Å². The third-order valence-corrected chi connectivity index (χ3v) is 4.24. The van der Waals surface area contributed by atoms with Crippen LogP contribution in [0.5, 0.6) is 0 Å². The van der Waals surface area contributed by atoms with Crippen LogP contribution in [0.15, 0.2) is 0 Å². The Labute approximate surface area is 115 Å². The molecule has 2 N–H and O–H groups in total. The Hall–Kier alpha value is -0.900. The monoisotopic (exact) mass is 270 g/mol. The van der Waals surface area contributed by atoms with Gasteiger partial charge in [-0.15, -0.1) is 0 Å². The van der Waals surface area contributed by atoms with Crippen molar-refractivity contribution < 1.29 is 19.8 Å². The lowest BCUT2D eigenvalue weighted by Crippen LogP contribution is -2.42. The normalized spacial score (nSPS) is 31.1. The van der Waals surface area contributed by atoms with E-state index in [1.165, 1.54) is 0 Å². The summed E-state index contributed by atoms with van der Waals surface area (Å²) in [7, 11) is 0. The first-order chi connectivity index (χ1) is 8.97. The topological polar surface area (TPSA) is 74.6 Å². The van der Waals surface area contributed by atoms with Crippen molar-refractivity contribution in [2.75, 3.05) is 0 Å². The van der Waals surface area contributed by atoms with Crippen LogP contribution >= 0.6 is 0 Å². The van der Waals surface area contributed by atoms with Gasteiger partial charge < -0.3 is 10.2 Å². The van der Waals surface area contributed by atoms with Crippen LogP contribution in [0.1, 0.15) is 58.8 Å². The van der Waals surface area contributed by atoms with E-state index in [0.717, 1.165) is 25.7 Å². The summed E-state index contributed by atoms with van der Waals surface area (Å²) in [6.07, 6.45) is 4.91. The van der Waals surface area contributed by atoms with Crippen LogP contribution in [-0.4, -0.2) is 28.1 Å². The lowest BCUT2D eigenvalue weighted by atomic mass is 9.72. The first-order valence-corrected chi connectivity index (χ1v) is 7.41. The van der Waals surface area contributed by atoms with Gasteiger partial charge in [-0.1, -0.05) is 33.1 Å². The minimum Gasteiger partial charge on any atom is -0.481 e. The van der Waals surface area contributed by atoms with Gasteiger partial charge >= 0.3 is 5.97 Å². The minimum absolute atomic E-state index is 0.112. The van der Waals surface area contributed by atoms with Crippen LogP contribution in [-0.2, 0) is 9.59 Å². The SMILES string of the molecule is CCCCCCC(=O)C1CC(C)C(O)C(C(=O)O)C1. The summed E-state index contributed by atoms with van der Waals surface area (Å²) in [6, 6.07) is 0. The largest absolute Gasteiger partial charge is 0.481 e. The summed E-state index contributed by atoms with van der Waals surface area (Å²) in [4.78, 5) is 23.2. The van der Waals surface area contributed by atoms with Gasteiger partial charge in [0.25, 0.3) is 0 Å². The summed E-state index contributed by atoms with van der Waals surface area (Å²) in [5.41, 5.74) is 0. The highest BCUT2D eigenvalue weighted by atomic mass is 16.4. The molecule has 0 amide bonds. The molecule has 0 heterocycles. The maximum absolute atomic E-state index is 12.1. The molecule has 1 aliphatic rings. The van der Waals surface area contributed by atoms with Crippen molar-refractivity contribution in [3.63, 3.8) is 0 Å². The van der Waals surface area contributed by atoms with Crippen molar-refractivity contribution in [3.8, 4) is 0 Å². The van der Waals surface area contributed by atoms with Crippen LogP contribution in [0.25, 0.3) is 0 Å². The van der Waals surface area contributed by atoms with Gasteiger partial charge in [-0.3, -0.25) is 9.59 Å². The third kappa shape index (κ3) is 4.60. The number of unbranched alkanes of at least 4 members (excludes halogenated alkanes) is 3. The molecule has 0 bridgehead atoms. The van der Waals surface area contributed by atoms with Gasteiger partial charge in [0.1, 0.15) is 5.78 Å². The number of aliphatic hydroxyl groups is 1. The Bertz CT molecular complexity index is 313. The van der Waals surface area contributed by atoms with Crippen molar-refractivity contribution in [1.82, 2.24) is 0 Å². The molecule has 0 aromatic carbocycles. The highest BCUT2D eigenvalue weighted by Gasteiger charge is 2.40. The molecular weight excluding hydrogens is 244 g/mol. The number of carboxylic acids is 1. The molecule has 4 heteroatoms. The molecule has 0 aromatic heterocycles. The van der Waals surface area contributed by atoms with E-state index in [0.29, 0.717) is 19.3 Å². The zero-order chi connectivity index (χ0) is 14.4. The first-order valence-electron chi connectivity index (χ1n) is 7.41. The predicted octanol–water partition coefficient (Wildman–Crippen LogP) is 2.63. The molecule has 1 rings (SSSR count). The Morgan fingerprint density at radius 1 is 1.16 bits per heavy atom. The molecule has 19 heavy (non-hydrogen) atoms. The molecule has 0 saturated heterocycles. The number of carbonyl (C=O) groups is 2. The predicted molar refractivity (Wildman–Crippen MR) is 72.8 cm³/mol. The Morgan fingerprint density at radius 3 is 2.42 bits per heavy atom. The van der Waals surface area contributed by atoms with Gasteiger partial charge in [-0.05, 0) is 25.2 Å². The van der Waals surface area contributed by atoms with E-state index in [1.807, 2.05) is 6.92 Å². The average Bonchev–Trinajstić information content (AvgIpc) is 2.37. The second-order valence-corrected chi connectivity index (χ2v) is 5.86. The van der Waals surface area contributed by atoms with Crippen LogP contribution in [0.4, 0.5) is 0 Å². The molecule has 4 unspecified atom stereocenters. The highest BCUT2D eigenvalue weighted by Crippen LogP contribution is 2.35. The molecular formula is C15H26O4. The van der Waals surface area contributed by atoms with Gasteiger partial charge in [0.15, 0.2) is 0 Å². The van der Waals surface area contributed by atoms with Crippen molar-refractivity contribution in [3.05, 3.63) is 0 Å². The lowest BCUT2D eigenvalue weighted by Gasteiger charge is -2.35. The summed E-state index contributed by atoms with van der Waals surface area (Å²) in [5, 5.41) is 19.0. The summed E-state index contributed by atoms with van der Waals surface area (Å²) >= 11 is 0. The van der Waals surface area contributed by atoms with Crippen LogP contribution in [0.3, 0.4) is 0 Å². The number of ketones is 1. The van der Waals surface area contributed by atoms with Gasteiger partial charge in [-0.25, -0.2) is 0 Å². The first kappa shape index (κ1) is 16.2. The van der Waals surface area contributed by atoms with E-state index in [-0.39, 0.29) is 17.6 Å². The smallest absolute Gasteiger partial charge is 0.309 e. The number of carbonyl (C=O) groups excluding carboxylic acids is 1. The second kappa shape index (κ2) is 7.63. The highest BCUT2D eigenvalue weighted by molar-refractivity contribution is 5.82. The number of aliphatic hydroxyl groups excluding tert-OH is 1. The van der Waals surface area contributed by atoms with E-state index in [4.69, 9.17) is 5.11 Å². The van der Waals surface area contributed by atoms with Crippen molar-refractivity contribution in [1.29, 1.82) is 0 Å². The van der Waals surface area contributed by atoms with Crippen molar-refractivity contribution >= 4 is 11.8 Å². The number of hydrogen-bond acceptors (Lipinski definition) is 3. The maximum Gasteiger partial charge on any atom is 0.309 e. The third-order valence-electron chi connectivity index (χ3n) is 4.24. The fourth-order valence-electron chi connectivity index (χ4n) is 2.97. The Balaban J connectivity index is 2.49. The van der Waals surface area contributed by atoms with E-state index in [9.17, 15) is 14.7 Å². The van der Waals surface area contributed by atoms with Gasteiger partial charge in [-0.2, -0.15) is 0 Å². The molecule has 0 aromatic rings. The van der Waals surface area contributed by atoms with E-state index >= 15 is 0 Å². The number of Topliss-reactive ketones (excluding diaryl/α,β-unsaturated/α-hetero) is 1. The van der Waals surface area contributed by atoms with Crippen molar-refractivity contribution in [2.45, 2.75) is 64.9 Å². The lowest BCUT2D eigenvalue weighted by molar-refractivity contribution is -0.151. The summed E-state index contributed by atoms with van der Waals surface area (Å²) < 4.78 is 0. The number of rotatable bonds is 7. The zero-order valence-electron chi connectivity index (χ0n) is 12.0. The standard InChI is InChI=1S/C15H26O4/c1-3-4-5-6-7-13(16)11-8-10(2)14(17)12(9-11)15(18)19/h10-12,14,17H,3-9H2,1-2H3,(H,18,19).